The van der Waals surface area contributed by atoms with Gasteiger partial charge >= 0.3 is 11.9 Å². The Morgan fingerprint density at radius 3 is 1.33 bits per heavy atom. The standard InChI is InChI=1S/C40H52N4O4/c1-41-14-20-43(21-15-41,22-16-41)29-32-8-12-36(13-9-32)35-10-6-31(7-11-35)27-37(39(45)46)38(40(47)48)28-33-4-3-5-34(26-33)30-44-23-17-42(2,18-24-44)19-25-44/h3-13,26,37-38H,14-25,27-30H2,1-2H3/q+2/p+2/t37-,38-,41?,42?,43?,44?/m0/s1. The first-order chi connectivity index (χ1) is 22.9. The zero-order chi connectivity index (χ0) is 33.6. The van der Waals surface area contributed by atoms with Gasteiger partial charge in [-0.15, -0.1) is 0 Å². The number of carboxylic acid groups (broad SMARTS) is 2. The summed E-state index contributed by atoms with van der Waals surface area (Å²) in [7, 11) is 4.77. The first-order valence-corrected chi connectivity index (χ1v) is 18.0. The SMILES string of the molecule is C[N+]12CC[N+](Cc3ccc(-c4ccc(C[C@H](C(=O)O)[C@H](Cc5cccc(C[N+]67CC[N+](C)(CC6)CC7)c5)C(=O)O)cc4)cc3)(CC1)CC2. The molecule has 0 radical (unpaired) electrons. The van der Waals surface area contributed by atoms with Crippen molar-refractivity contribution in [2.75, 3.05) is 92.6 Å². The number of carboxylic acids is 2. The fraction of sp³-hybridized carbons (Fsp3) is 0.500. The number of fused-ring (bicyclic) bond motifs is 6. The Balaban J connectivity index is 0.996. The Bertz CT molecular complexity index is 1600. The topological polar surface area (TPSA) is 74.6 Å². The predicted octanol–water partition coefficient (Wildman–Crippen LogP) is 4.12. The highest BCUT2D eigenvalue weighted by molar-refractivity contribution is 5.80. The largest absolute Gasteiger partial charge is 0.481 e. The molecule has 8 heteroatoms. The number of rotatable bonds is 12. The molecule has 6 saturated heterocycles. The van der Waals surface area contributed by atoms with E-state index in [1.54, 1.807) is 0 Å². The highest BCUT2D eigenvalue weighted by Crippen LogP contribution is 2.31. The van der Waals surface area contributed by atoms with E-state index < -0.39 is 23.8 Å². The molecule has 0 aliphatic carbocycles. The van der Waals surface area contributed by atoms with E-state index in [1.807, 2.05) is 36.4 Å². The summed E-state index contributed by atoms with van der Waals surface area (Å²) < 4.78 is 4.75. The number of hydrogen-bond acceptors (Lipinski definition) is 2. The molecule has 0 amide bonds. The molecule has 0 spiro atoms. The van der Waals surface area contributed by atoms with Gasteiger partial charge in [0, 0.05) is 11.1 Å². The molecule has 8 nitrogen and oxygen atoms in total. The predicted molar refractivity (Wildman–Crippen MR) is 187 cm³/mol. The van der Waals surface area contributed by atoms with E-state index in [0.717, 1.165) is 39.8 Å². The van der Waals surface area contributed by atoms with Crippen LogP contribution in [0.3, 0.4) is 0 Å². The van der Waals surface area contributed by atoms with Crippen molar-refractivity contribution in [3.8, 4) is 11.1 Å². The van der Waals surface area contributed by atoms with Gasteiger partial charge in [0.25, 0.3) is 0 Å². The van der Waals surface area contributed by atoms with Crippen LogP contribution in [0.2, 0.25) is 0 Å². The lowest BCUT2D eigenvalue weighted by molar-refractivity contribution is -1.08. The molecule has 2 atom stereocenters. The minimum absolute atomic E-state index is 0.181. The van der Waals surface area contributed by atoms with Gasteiger partial charge < -0.3 is 28.1 Å². The highest BCUT2D eigenvalue weighted by Gasteiger charge is 2.47. The second kappa shape index (κ2) is 12.7. The Kier molecular flexibility index (Phi) is 8.73. The van der Waals surface area contributed by atoms with Gasteiger partial charge in [0.15, 0.2) is 0 Å². The van der Waals surface area contributed by atoms with Crippen LogP contribution < -0.4 is 0 Å². The number of quaternary nitrogens is 4. The van der Waals surface area contributed by atoms with Crippen LogP contribution in [-0.4, -0.2) is 133 Å². The zero-order valence-electron chi connectivity index (χ0n) is 28.9. The molecule has 6 aliphatic rings. The maximum Gasteiger partial charge on any atom is 0.307 e. The Hall–Kier alpha value is -3.56. The maximum absolute atomic E-state index is 12.6. The molecule has 48 heavy (non-hydrogen) atoms. The molecule has 0 saturated carbocycles. The summed E-state index contributed by atoms with van der Waals surface area (Å²) in [6, 6.07) is 25.1. The van der Waals surface area contributed by atoms with Crippen molar-refractivity contribution in [3.05, 3.63) is 95.1 Å². The van der Waals surface area contributed by atoms with E-state index in [1.165, 1.54) is 103 Å². The van der Waals surface area contributed by atoms with Crippen LogP contribution in [0.4, 0.5) is 0 Å². The van der Waals surface area contributed by atoms with Crippen LogP contribution in [0.15, 0.2) is 72.8 Å². The first-order valence-electron chi connectivity index (χ1n) is 18.0. The summed E-state index contributed by atoms with van der Waals surface area (Å²) in [5, 5.41) is 20.5. The fourth-order valence-corrected chi connectivity index (χ4v) is 9.11. The third kappa shape index (κ3) is 6.95. The van der Waals surface area contributed by atoms with Gasteiger partial charge in [0.1, 0.15) is 91.6 Å². The van der Waals surface area contributed by atoms with Crippen molar-refractivity contribution in [2.45, 2.75) is 25.9 Å². The smallest absolute Gasteiger partial charge is 0.307 e. The van der Waals surface area contributed by atoms with Crippen LogP contribution in [0.25, 0.3) is 11.1 Å². The molecule has 3 aromatic rings. The number of carbonyl (C=O) groups is 2. The van der Waals surface area contributed by atoms with Crippen LogP contribution in [-0.2, 0) is 35.5 Å². The minimum atomic E-state index is -1.06. The number of nitrogens with zero attached hydrogens (tertiary/aromatic N) is 4. The second-order valence-electron chi connectivity index (χ2n) is 16.4. The van der Waals surface area contributed by atoms with Gasteiger partial charge in [-0.2, -0.15) is 0 Å². The molecule has 254 valence electrons. The number of hydrogen-bond donors (Lipinski definition) is 2. The minimum Gasteiger partial charge on any atom is -0.481 e. The van der Waals surface area contributed by atoms with Crippen molar-refractivity contribution in [1.82, 2.24) is 0 Å². The van der Waals surface area contributed by atoms with Gasteiger partial charge in [0.2, 0.25) is 0 Å². The van der Waals surface area contributed by atoms with Crippen molar-refractivity contribution < 1.29 is 37.7 Å². The van der Waals surface area contributed by atoms with Crippen molar-refractivity contribution in [3.63, 3.8) is 0 Å². The van der Waals surface area contributed by atoms with E-state index in [0.29, 0.717) is 0 Å². The molecular formula is C40H54N4O4+4. The Morgan fingerprint density at radius 2 is 0.896 bits per heavy atom. The maximum atomic E-state index is 12.6. The van der Waals surface area contributed by atoms with Crippen molar-refractivity contribution in [2.24, 2.45) is 11.8 Å². The monoisotopic (exact) mass is 654 g/mol. The molecule has 6 fully saturated rings. The van der Waals surface area contributed by atoms with Crippen LogP contribution >= 0.6 is 0 Å². The normalized spacial score (nSPS) is 30.5. The Labute approximate surface area is 285 Å². The van der Waals surface area contributed by atoms with Gasteiger partial charge in [-0.1, -0.05) is 72.8 Å². The van der Waals surface area contributed by atoms with Crippen LogP contribution in [0.1, 0.15) is 22.3 Å². The molecule has 2 N–H and O–H groups in total. The van der Waals surface area contributed by atoms with E-state index in [2.05, 4.69) is 50.5 Å². The molecule has 4 bridgehead atoms. The zero-order valence-corrected chi connectivity index (χ0v) is 28.9. The number of likely N-dealkylation sites (N-methyl/N-ethyl adjacent to an activating group) is 2. The molecule has 6 aliphatic heterocycles. The van der Waals surface area contributed by atoms with Gasteiger partial charge in [0.05, 0.1) is 25.9 Å². The third-order valence-electron chi connectivity index (χ3n) is 13.0. The molecule has 0 unspecified atom stereocenters. The van der Waals surface area contributed by atoms with Gasteiger partial charge in [-0.25, -0.2) is 0 Å². The summed E-state index contributed by atoms with van der Waals surface area (Å²) in [6.07, 6.45) is 0.387. The second-order valence-corrected chi connectivity index (χ2v) is 16.4. The quantitative estimate of drug-likeness (QED) is 0.289. The molecule has 3 aromatic carbocycles. The molecule has 6 heterocycles. The van der Waals surface area contributed by atoms with E-state index >= 15 is 0 Å². The van der Waals surface area contributed by atoms with Gasteiger partial charge in [-0.3, -0.25) is 9.59 Å². The van der Waals surface area contributed by atoms with E-state index in [4.69, 9.17) is 0 Å². The fourth-order valence-electron chi connectivity index (χ4n) is 9.11. The summed E-state index contributed by atoms with van der Waals surface area (Å²) in [4.78, 5) is 25.1. The first kappa shape index (κ1) is 33.0. The number of benzene rings is 3. The lowest BCUT2D eigenvalue weighted by Crippen LogP contribution is -2.73. The summed E-state index contributed by atoms with van der Waals surface area (Å²) in [5.41, 5.74) is 6.57. The van der Waals surface area contributed by atoms with Crippen molar-refractivity contribution in [1.29, 1.82) is 0 Å². The lowest BCUT2D eigenvalue weighted by atomic mass is 9.82. The molecule has 9 rings (SSSR count). The molecular weight excluding hydrogens is 600 g/mol. The van der Waals surface area contributed by atoms with Crippen molar-refractivity contribution >= 4 is 11.9 Å². The van der Waals surface area contributed by atoms with E-state index in [-0.39, 0.29) is 12.8 Å². The van der Waals surface area contributed by atoms with Gasteiger partial charge in [-0.05, 0) is 35.1 Å². The number of aliphatic carboxylic acids is 2. The van der Waals surface area contributed by atoms with E-state index in [9.17, 15) is 19.8 Å². The summed E-state index contributed by atoms with van der Waals surface area (Å²) in [5.74, 6) is -4.15. The third-order valence-corrected chi connectivity index (χ3v) is 13.0. The Morgan fingerprint density at radius 1 is 0.521 bits per heavy atom. The average Bonchev–Trinajstić information content (AvgIpc) is 3.08. The summed E-state index contributed by atoms with van der Waals surface area (Å²) >= 11 is 0. The lowest BCUT2D eigenvalue weighted by Gasteiger charge is -2.54. The highest BCUT2D eigenvalue weighted by atomic mass is 16.4. The average molecular weight is 655 g/mol. The number of piperazine rings is 6. The summed E-state index contributed by atoms with van der Waals surface area (Å²) in [6.45, 7) is 16.9. The molecule has 0 aromatic heterocycles. The van der Waals surface area contributed by atoms with Crippen LogP contribution in [0, 0.1) is 11.8 Å². The van der Waals surface area contributed by atoms with Crippen LogP contribution in [0.5, 0.6) is 0 Å².